The summed E-state index contributed by atoms with van der Waals surface area (Å²) in [6.07, 6.45) is 0. The second-order valence-electron chi connectivity index (χ2n) is 15.8. The molecule has 0 spiro atoms. The molecule has 0 unspecified atom stereocenters. The maximum absolute atomic E-state index is 6.54. The van der Waals surface area contributed by atoms with Gasteiger partial charge >= 0.3 is 0 Å². The van der Waals surface area contributed by atoms with Crippen LogP contribution in [0, 0.1) is 0 Å². The first-order valence-electron chi connectivity index (χ1n) is 19.9. The zero-order valence-corrected chi connectivity index (χ0v) is 33.1. The van der Waals surface area contributed by atoms with Gasteiger partial charge < -0.3 is 4.42 Å². The van der Waals surface area contributed by atoms with E-state index in [-0.39, 0.29) is 5.41 Å². The van der Waals surface area contributed by atoms with Gasteiger partial charge in [0.25, 0.3) is 0 Å². The first-order chi connectivity index (χ1) is 29.0. The van der Waals surface area contributed by atoms with Crippen molar-refractivity contribution in [1.29, 1.82) is 0 Å². The number of fused-ring (bicyclic) bond motifs is 10. The van der Waals surface area contributed by atoms with Crippen LogP contribution in [0.4, 0.5) is 0 Å². The normalized spacial score (nSPS) is 13.1. The number of furan rings is 1. The summed E-state index contributed by atoms with van der Waals surface area (Å²) >= 11 is 1.70. The van der Waals surface area contributed by atoms with Gasteiger partial charge in [0.2, 0.25) is 0 Å². The minimum Gasteiger partial charge on any atom is -0.456 e. The molecule has 12 rings (SSSR count). The van der Waals surface area contributed by atoms with Crippen LogP contribution in [0.25, 0.3) is 110 Å². The minimum absolute atomic E-state index is 0.164. The highest BCUT2D eigenvalue weighted by Crippen LogP contribution is 2.49. The third kappa shape index (κ3) is 5.30. The molecule has 0 atom stereocenters. The maximum atomic E-state index is 6.54. The molecular formula is C53H34N4OS. The van der Waals surface area contributed by atoms with Gasteiger partial charge in [0.15, 0.2) is 17.5 Å². The Morgan fingerprint density at radius 2 is 1.03 bits per heavy atom. The predicted molar refractivity (Wildman–Crippen MR) is 243 cm³/mol. The number of benzene rings is 8. The fourth-order valence-corrected chi connectivity index (χ4v) is 10.0. The van der Waals surface area contributed by atoms with Crippen molar-refractivity contribution in [2.24, 2.45) is 0 Å². The third-order valence-electron chi connectivity index (χ3n) is 12.0. The van der Waals surface area contributed by atoms with Gasteiger partial charge in [-0.1, -0.05) is 153 Å². The van der Waals surface area contributed by atoms with E-state index in [1.807, 2.05) is 12.1 Å². The van der Waals surface area contributed by atoms with Crippen LogP contribution in [0.5, 0.6) is 0 Å². The molecule has 3 heterocycles. The number of nitrogens with zero attached hydrogens (tertiary/aromatic N) is 4. The third-order valence-corrected chi connectivity index (χ3v) is 13.1. The lowest BCUT2D eigenvalue weighted by atomic mass is 9.82. The van der Waals surface area contributed by atoms with E-state index in [0.29, 0.717) is 17.5 Å². The molecule has 3 aromatic heterocycles. The van der Waals surface area contributed by atoms with E-state index in [0.717, 1.165) is 81.3 Å². The Balaban J connectivity index is 1.08. The number of hydrogen-bond donors (Lipinski definition) is 0. The highest BCUT2D eigenvalue weighted by atomic mass is 32.1. The molecule has 0 amide bonds. The van der Waals surface area contributed by atoms with Crippen LogP contribution in [0.15, 0.2) is 174 Å². The molecule has 11 aromatic rings. The van der Waals surface area contributed by atoms with Crippen LogP contribution in [-0.4, -0.2) is 19.9 Å². The fourth-order valence-electron chi connectivity index (χ4n) is 9.05. The lowest BCUT2D eigenvalue weighted by molar-refractivity contribution is 0.660. The molecule has 278 valence electrons. The largest absolute Gasteiger partial charge is 0.456 e. The van der Waals surface area contributed by atoms with Crippen LogP contribution in [0.1, 0.15) is 25.0 Å². The van der Waals surface area contributed by atoms with Gasteiger partial charge in [0, 0.05) is 33.1 Å². The first kappa shape index (κ1) is 33.8. The van der Waals surface area contributed by atoms with Gasteiger partial charge in [-0.3, -0.25) is 0 Å². The molecule has 0 bridgehead atoms. The number of hydrogen-bond acceptors (Lipinski definition) is 6. The molecule has 0 N–H and O–H groups in total. The Labute approximate surface area is 344 Å². The van der Waals surface area contributed by atoms with E-state index in [1.165, 1.54) is 22.3 Å². The van der Waals surface area contributed by atoms with Gasteiger partial charge in [-0.05, 0) is 74.5 Å². The Kier molecular flexibility index (Phi) is 7.38. The molecule has 1 aliphatic carbocycles. The summed E-state index contributed by atoms with van der Waals surface area (Å²) in [6.45, 7) is 4.61. The van der Waals surface area contributed by atoms with Crippen LogP contribution in [0.3, 0.4) is 0 Å². The molecule has 0 radical (unpaired) electrons. The Morgan fingerprint density at radius 3 is 1.83 bits per heavy atom. The van der Waals surface area contributed by atoms with Crippen molar-refractivity contribution in [3.8, 4) is 67.0 Å². The molecule has 0 saturated heterocycles. The molecule has 0 fully saturated rings. The van der Waals surface area contributed by atoms with E-state index in [1.54, 1.807) is 11.3 Å². The van der Waals surface area contributed by atoms with Gasteiger partial charge in [0.1, 0.15) is 16.2 Å². The van der Waals surface area contributed by atoms with Crippen molar-refractivity contribution >= 4 is 54.3 Å². The van der Waals surface area contributed by atoms with E-state index in [2.05, 4.69) is 172 Å². The second-order valence-corrected chi connectivity index (χ2v) is 16.8. The van der Waals surface area contributed by atoms with Crippen LogP contribution in [-0.2, 0) is 5.41 Å². The Hall–Kier alpha value is -7.28. The van der Waals surface area contributed by atoms with E-state index < -0.39 is 0 Å². The van der Waals surface area contributed by atoms with Crippen LogP contribution >= 0.6 is 11.3 Å². The predicted octanol–water partition coefficient (Wildman–Crippen LogP) is 14.2. The Morgan fingerprint density at radius 1 is 0.441 bits per heavy atom. The molecule has 1 aliphatic rings. The van der Waals surface area contributed by atoms with Crippen molar-refractivity contribution in [3.05, 3.63) is 181 Å². The SMILES string of the molecule is CC1(C)c2ccccc2-c2ccc(-c3nc(-c4ccc5ccc6oc7ccc8sc(-c9ccccc9)nc8c7c6c5c4)nc(-c4ccccc4-c4ccccc4)n3)cc21. The van der Waals surface area contributed by atoms with Crippen molar-refractivity contribution in [3.63, 3.8) is 0 Å². The molecule has 59 heavy (non-hydrogen) atoms. The first-order valence-corrected chi connectivity index (χ1v) is 20.7. The molecule has 0 saturated carbocycles. The fraction of sp³-hybridized carbons (Fsp3) is 0.0566. The number of thiazole rings is 1. The van der Waals surface area contributed by atoms with Gasteiger partial charge in [0.05, 0.1) is 15.6 Å². The summed E-state index contributed by atoms with van der Waals surface area (Å²) < 4.78 is 7.66. The zero-order valence-electron chi connectivity index (χ0n) is 32.3. The highest BCUT2D eigenvalue weighted by molar-refractivity contribution is 7.21. The molecule has 5 nitrogen and oxygen atoms in total. The van der Waals surface area contributed by atoms with E-state index >= 15 is 0 Å². The van der Waals surface area contributed by atoms with E-state index in [4.69, 9.17) is 24.4 Å². The highest BCUT2D eigenvalue weighted by Gasteiger charge is 2.35. The standard InChI is InChI=1S/C53H34N4OS/c1-53(2)41-20-12-11-18-37(41)38-25-23-35(30-42(38)53)50-55-49(56-51(57-50)39-19-10-9-17-36(39)31-13-5-3-6-14-31)34-22-21-32-24-26-43-46(40(32)29-34)47-44(58-43)27-28-45-48(47)54-52(59-45)33-15-7-4-8-16-33/h3-30H,1-2H3. The van der Waals surface area contributed by atoms with Gasteiger partial charge in [-0.2, -0.15) is 0 Å². The molecule has 6 heteroatoms. The lowest BCUT2D eigenvalue weighted by Gasteiger charge is -2.21. The van der Waals surface area contributed by atoms with Crippen molar-refractivity contribution in [2.75, 3.05) is 0 Å². The van der Waals surface area contributed by atoms with Crippen LogP contribution in [0.2, 0.25) is 0 Å². The summed E-state index contributed by atoms with van der Waals surface area (Å²) in [7, 11) is 0. The molecule has 8 aromatic carbocycles. The minimum atomic E-state index is -0.164. The lowest BCUT2D eigenvalue weighted by Crippen LogP contribution is -2.15. The summed E-state index contributed by atoms with van der Waals surface area (Å²) in [6, 6.07) is 59.5. The summed E-state index contributed by atoms with van der Waals surface area (Å²) in [5.74, 6) is 1.86. The quantitative estimate of drug-likeness (QED) is 0.174. The van der Waals surface area contributed by atoms with E-state index in [9.17, 15) is 0 Å². The topological polar surface area (TPSA) is 64.7 Å². The van der Waals surface area contributed by atoms with Crippen molar-refractivity contribution < 1.29 is 4.42 Å². The monoisotopic (exact) mass is 774 g/mol. The van der Waals surface area contributed by atoms with Gasteiger partial charge in [-0.25, -0.2) is 19.9 Å². The second kappa shape index (κ2) is 12.9. The van der Waals surface area contributed by atoms with Crippen LogP contribution < -0.4 is 0 Å². The number of rotatable bonds is 5. The summed E-state index contributed by atoms with van der Waals surface area (Å²) in [5, 5.41) is 5.21. The molecular weight excluding hydrogens is 741 g/mol. The van der Waals surface area contributed by atoms with Gasteiger partial charge in [-0.15, -0.1) is 11.3 Å². The molecule has 0 aliphatic heterocycles. The summed E-state index contributed by atoms with van der Waals surface area (Å²) in [5.41, 5.74) is 13.6. The maximum Gasteiger partial charge on any atom is 0.164 e. The number of aromatic nitrogens is 4. The zero-order chi connectivity index (χ0) is 39.2. The Bertz CT molecular complexity index is 3480. The van der Waals surface area contributed by atoms with Crippen molar-refractivity contribution in [2.45, 2.75) is 19.3 Å². The summed E-state index contributed by atoms with van der Waals surface area (Å²) in [4.78, 5) is 21.1. The van der Waals surface area contributed by atoms with Crippen molar-refractivity contribution in [1.82, 2.24) is 19.9 Å². The average Bonchev–Trinajstić information content (AvgIpc) is 3.97. The smallest absolute Gasteiger partial charge is 0.164 e. The average molecular weight is 775 g/mol.